The summed E-state index contributed by atoms with van der Waals surface area (Å²) in [4.78, 5) is 16.9. The van der Waals surface area contributed by atoms with Crippen molar-refractivity contribution in [3.8, 4) is 5.75 Å². The summed E-state index contributed by atoms with van der Waals surface area (Å²) in [5.41, 5.74) is 1.84. The monoisotopic (exact) mass is 342 g/mol. The quantitative estimate of drug-likeness (QED) is 0.856. The van der Waals surface area contributed by atoms with E-state index in [1.165, 1.54) is 5.56 Å². The van der Waals surface area contributed by atoms with Crippen LogP contribution >= 0.6 is 0 Å². The number of ether oxygens (including phenoxy) is 1. The molecular formula is C19H26N4O2. The highest BCUT2D eigenvalue weighted by atomic mass is 16.5. The van der Waals surface area contributed by atoms with Crippen LogP contribution in [0.15, 0.2) is 36.7 Å². The molecule has 1 amide bonds. The first kappa shape index (κ1) is 17.5. The molecule has 1 aliphatic heterocycles. The van der Waals surface area contributed by atoms with Gasteiger partial charge in [-0.15, -0.1) is 0 Å². The van der Waals surface area contributed by atoms with Crippen LogP contribution in [0.5, 0.6) is 5.75 Å². The Kier molecular flexibility index (Phi) is 5.08. The molecule has 2 aromatic rings. The zero-order valence-electron chi connectivity index (χ0n) is 15.3. The number of benzene rings is 1. The van der Waals surface area contributed by atoms with E-state index in [4.69, 9.17) is 4.74 Å². The molecule has 0 spiro atoms. The summed E-state index contributed by atoms with van der Waals surface area (Å²) in [5.74, 6) is 0.923. The third-order valence-corrected chi connectivity index (χ3v) is 4.52. The van der Waals surface area contributed by atoms with Crippen LogP contribution in [0, 0.1) is 0 Å². The molecule has 2 heterocycles. The van der Waals surface area contributed by atoms with Gasteiger partial charge in [0.25, 0.3) is 5.91 Å². The highest BCUT2D eigenvalue weighted by Crippen LogP contribution is 2.26. The molecule has 0 radical (unpaired) electrons. The molecule has 0 saturated carbocycles. The lowest BCUT2D eigenvalue weighted by Crippen LogP contribution is -2.48. The topological polar surface area (TPSA) is 50.6 Å². The third-order valence-electron chi connectivity index (χ3n) is 4.52. The Morgan fingerprint density at radius 1 is 1.20 bits per heavy atom. The first-order chi connectivity index (χ1) is 11.9. The van der Waals surface area contributed by atoms with Crippen LogP contribution in [0.4, 0.5) is 0 Å². The minimum atomic E-state index is 0.0472. The van der Waals surface area contributed by atoms with Crippen LogP contribution in [-0.2, 0) is 7.05 Å². The second-order valence-corrected chi connectivity index (χ2v) is 6.89. The first-order valence-electron chi connectivity index (χ1n) is 8.69. The van der Waals surface area contributed by atoms with E-state index in [0.717, 1.165) is 18.8 Å². The van der Waals surface area contributed by atoms with Gasteiger partial charge >= 0.3 is 0 Å². The van der Waals surface area contributed by atoms with Gasteiger partial charge in [0.15, 0.2) is 0 Å². The molecule has 1 aromatic carbocycles. The van der Waals surface area contributed by atoms with Crippen LogP contribution in [0.1, 0.15) is 35.8 Å². The molecule has 0 N–H and O–H groups in total. The van der Waals surface area contributed by atoms with Crippen molar-refractivity contribution in [1.82, 2.24) is 19.6 Å². The Balaban J connectivity index is 1.73. The number of carbonyl (C=O) groups is 1. The summed E-state index contributed by atoms with van der Waals surface area (Å²) < 4.78 is 7.38. The number of nitrogens with zero attached hydrogens (tertiary/aromatic N) is 4. The van der Waals surface area contributed by atoms with Crippen molar-refractivity contribution in [2.45, 2.75) is 26.0 Å². The fourth-order valence-corrected chi connectivity index (χ4v) is 3.17. The van der Waals surface area contributed by atoms with Crippen molar-refractivity contribution in [3.05, 3.63) is 47.8 Å². The van der Waals surface area contributed by atoms with E-state index in [1.54, 1.807) is 17.1 Å². The summed E-state index contributed by atoms with van der Waals surface area (Å²) >= 11 is 0. The molecule has 3 rings (SSSR count). The van der Waals surface area contributed by atoms with Gasteiger partial charge < -0.3 is 9.64 Å². The van der Waals surface area contributed by atoms with E-state index < -0.39 is 0 Å². The molecule has 134 valence electrons. The number of rotatable bonds is 4. The predicted molar refractivity (Wildman–Crippen MR) is 96.7 cm³/mol. The fraction of sp³-hybridized carbons (Fsp3) is 0.474. The average Bonchev–Trinajstić information content (AvgIpc) is 3.01. The number of likely N-dealkylation sites (N-methyl/N-ethyl adjacent to an activating group) is 1. The second kappa shape index (κ2) is 7.27. The molecule has 0 aliphatic carbocycles. The largest absolute Gasteiger partial charge is 0.491 e. The lowest BCUT2D eigenvalue weighted by molar-refractivity contribution is 0.0546. The van der Waals surface area contributed by atoms with Crippen molar-refractivity contribution < 1.29 is 9.53 Å². The third kappa shape index (κ3) is 4.02. The number of piperazine rings is 1. The number of aromatic nitrogens is 2. The van der Waals surface area contributed by atoms with E-state index >= 15 is 0 Å². The maximum absolute atomic E-state index is 12.7. The maximum atomic E-state index is 12.7. The number of hydrogen-bond acceptors (Lipinski definition) is 4. The average molecular weight is 342 g/mol. The van der Waals surface area contributed by atoms with Gasteiger partial charge in [-0.05, 0) is 38.6 Å². The van der Waals surface area contributed by atoms with Crippen molar-refractivity contribution in [1.29, 1.82) is 0 Å². The molecule has 1 atom stereocenters. The van der Waals surface area contributed by atoms with Crippen molar-refractivity contribution in [3.63, 3.8) is 0 Å². The molecule has 1 aliphatic rings. The number of amides is 1. The van der Waals surface area contributed by atoms with Gasteiger partial charge in [-0.2, -0.15) is 5.10 Å². The van der Waals surface area contributed by atoms with Crippen LogP contribution in [0.3, 0.4) is 0 Å². The molecular weight excluding hydrogens is 316 g/mol. The SMILES string of the molecule is CC(C)Oc1ccc(C2CN(C(=O)c3cnn(C)c3)CCN2C)cc1. The molecule has 6 heteroatoms. The summed E-state index contributed by atoms with van der Waals surface area (Å²) in [6.07, 6.45) is 3.57. The van der Waals surface area contributed by atoms with E-state index in [9.17, 15) is 4.79 Å². The van der Waals surface area contributed by atoms with Gasteiger partial charge in [0.1, 0.15) is 5.75 Å². The molecule has 1 aromatic heterocycles. The van der Waals surface area contributed by atoms with Gasteiger partial charge in [0, 0.05) is 32.9 Å². The van der Waals surface area contributed by atoms with Crippen molar-refractivity contribution in [2.75, 3.05) is 26.7 Å². The van der Waals surface area contributed by atoms with Gasteiger partial charge in [-0.1, -0.05) is 12.1 Å². The molecule has 1 fully saturated rings. The highest BCUT2D eigenvalue weighted by molar-refractivity contribution is 5.93. The van der Waals surface area contributed by atoms with E-state index in [2.05, 4.69) is 29.2 Å². The summed E-state index contributed by atoms with van der Waals surface area (Å²) in [6.45, 7) is 6.29. The normalized spacial score (nSPS) is 18.6. The zero-order valence-corrected chi connectivity index (χ0v) is 15.3. The fourth-order valence-electron chi connectivity index (χ4n) is 3.17. The Morgan fingerprint density at radius 2 is 1.92 bits per heavy atom. The van der Waals surface area contributed by atoms with E-state index in [-0.39, 0.29) is 18.1 Å². The minimum Gasteiger partial charge on any atom is -0.491 e. The summed E-state index contributed by atoms with van der Waals surface area (Å²) in [7, 11) is 3.93. The smallest absolute Gasteiger partial charge is 0.257 e. The Bertz CT molecular complexity index is 723. The molecule has 1 unspecified atom stereocenters. The number of hydrogen-bond donors (Lipinski definition) is 0. The lowest BCUT2D eigenvalue weighted by atomic mass is 10.0. The van der Waals surface area contributed by atoms with E-state index in [0.29, 0.717) is 12.1 Å². The zero-order chi connectivity index (χ0) is 18.0. The highest BCUT2D eigenvalue weighted by Gasteiger charge is 2.29. The molecule has 0 bridgehead atoms. The van der Waals surface area contributed by atoms with Crippen molar-refractivity contribution in [2.24, 2.45) is 7.05 Å². The maximum Gasteiger partial charge on any atom is 0.257 e. The van der Waals surface area contributed by atoms with Gasteiger partial charge in [-0.3, -0.25) is 14.4 Å². The molecule has 25 heavy (non-hydrogen) atoms. The lowest BCUT2D eigenvalue weighted by Gasteiger charge is -2.39. The van der Waals surface area contributed by atoms with Crippen LogP contribution in [0.25, 0.3) is 0 Å². The molecule has 1 saturated heterocycles. The van der Waals surface area contributed by atoms with Gasteiger partial charge in [-0.25, -0.2) is 0 Å². The van der Waals surface area contributed by atoms with Gasteiger partial charge in [0.05, 0.1) is 23.9 Å². The van der Waals surface area contributed by atoms with Crippen molar-refractivity contribution >= 4 is 5.91 Å². The van der Waals surface area contributed by atoms with Crippen LogP contribution in [0.2, 0.25) is 0 Å². The number of carbonyl (C=O) groups excluding carboxylic acids is 1. The van der Waals surface area contributed by atoms with Crippen LogP contribution in [-0.4, -0.2) is 58.3 Å². The Morgan fingerprint density at radius 3 is 2.52 bits per heavy atom. The Labute approximate surface area is 149 Å². The molecule has 6 nitrogen and oxygen atoms in total. The Hall–Kier alpha value is -2.34. The second-order valence-electron chi connectivity index (χ2n) is 6.89. The van der Waals surface area contributed by atoms with Gasteiger partial charge in [0.2, 0.25) is 0 Å². The number of aryl methyl sites for hydroxylation is 1. The summed E-state index contributed by atoms with van der Waals surface area (Å²) in [5, 5.41) is 4.10. The predicted octanol–water partition coefficient (Wildman–Crippen LogP) is 2.34. The summed E-state index contributed by atoms with van der Waals surface area (Å²) in [6, 6.07) is 8.38. The van der Waals surface area contributed by atoms with E-state index in [1.807, 2.05) is 37.9 Å². The first-order valence-corrected chi connectivity index (χ1v) is 8.69. The van der Waals surface area contributed by atoms with Crippen LogP contribution < -0.4 is 4.74 Å². The minimum absolute atomic E-state index is 0.0472. The standard InChI is InChI=1S/C19H26N4O2/c1-14(2)25-17-7-5-15(6-8-17)18-13-23(10-9-21(18)3)19(24)16-11-20-22(4)12-16/h5-8,11-12,14,18H,9-10,13H2,1-4H3.